The lowest BCUT2D eigenvalue weighted by atomic mass is 10.1. The highest BCUT2D eigenvalue weighted by molar-refractivity contribution is 7.18. The second-order valence-electron chi connectivity index (χ2n) is 4.58. The number of rotatable bonds is 3. The molecule has 0 saturated carbocycles. The molecule has 0 amide bonds. The summed E-state index contributed by atoms with van der Waals surface area (Å²) in [5, 5.41) is 0.427. The van der Waals surface area contributed by atoms with Gasteiger partial charge in [-0.1, -0.05) is 13.3 Å². The normalized spacial score (nSPS) is 13.1. The predicted molar refractivity (Wildman–Crippen MR) is 68.2 cm³/mol. The molecule has 21 heavy (non-hydrogen) atoms. The minimum absolute atomic E-state index is 0.0803. The van der Waals surface area contributed by atoms with Crippen LogP contribution in [-0.2, 0) is 18.8 Å². The van der Waals surface area contributed by atoms with Crippen LogP contribution in [0.15, 0.2) is 12.1 Å². The highest BCUT2D eigenvalue weighted by Crippen LogP contribution is 2.41. The number of aryl methyl sites for hydroxylation is 1. The third-order valence-electron chi connectivity index (χ3n) is 2.92. The molecule has 1 aromatic carbocycles. The van der Waals surface area contributed by atoms with E-state index in [4.69, 9.17) is 0 Å². The van der Waals surface area contributed by atoms with Crippen molar-refractivity contribution in [1.82, 2.24) is 4.98 Å². The zero-order chi connectivity index (χ0) is 15.8. The lowest BCUT2D eigenvalue weighted by Crippen LogP contribution is -2.11. The van der Waals surface area contributed by atoms with Crippen molar-refractivity contribution >= 4 is 21.6 Å². The molecule has 0 N–H and O–H groups in total. The van der Waals surface area contributed by atoms with Crippen LogP contribution in [0.4, 0.5) is 26.3 Å². The average molecular weight is 327 g/mol. The van der Waals surface area contributed by atoms with E-state index in [0.29, 0.717) is 11.4 Å². The maximum Gasteiger partial charge on any atom is 0.418 e. The average Bonchev–Trinajstić information content (AvgIpc) is 2.75. The zero-order valence-corrected chi connectivity index (χ0v) is 11.7. The Bertz CT molecular complexity index is 640. The number of thiazole rings is 1. The van der Waals surface area contributed by atoms with Gasteiger partial charge in [0.05, 0.1) is 26.4 Å². The fourth-order valence-electron chi connectivity index (χ4n) is 1.89. The van der Waals surface area contributed by atoms with Crippen LogP contribution in [0.2, 0.25) is 0 Å². The summed E-state index contributed by atoms with van der Waals surface area (Å²) in [5.74, 6) is 0. The van der Waals surface area contributed by atoms with Crippen LogP contribution in [0.1, 0.15) is 35.9 Å². The van der Waals surface area contributed by atoms with E-state index in [0.717, 1.165) is 30.2 Å². The van der Waals surface area contributed by atoms with Gasteiger partial charge in [-0.15, -0.1) is 11.3 Å². The first-order valence-electron chi connectivity index (χ1n) is 6.20. The number of benzene rings is 1. The fourth-order valence-corrected chi connectivity index (χ4v) is 2.97. The number of nitrogens with zero attached hydrogens (tertiary/aromatic N) is 1. The first-order valence-corrected chi connectivity index (χ1v) is 7.02. The standard InChI is InChI=1S/C13H11F6NS/c1-2-3-4-10-20-11-8(13(17,18)19)5-7(12(14,15)16)6-9(11)21-10/h5-6H,2-4H2,1H3. The molecule has 116 valence electrons. The summed E-state index contributed by atoms with van der Waals surface area (Å²) in [7, 11) is 0. The van der Waals surface area contributed by atoms with Gasteiger partial charge in [-0.2, -0.15) is 26.3 Å². The summed E-state index contributed by atoms with van der Waals surface area (Å²) in [6, 6.07) is 0.864. The summed E-state index contributed by atoms with van der Waals surface area (Å²) < 4.78 is 76.9. The topological polar surface area (TPSA) is 12.9 Å². The molecule has 0 radical (unpaired) electrons. The van der Waals surface area contributed by atoms with Crippen molar-refractivity contribution in [3.8, 4) is 0 Å². The molecule has 0 spiro atoms. The smallest absolute Gasteiger partial charge is 0.241 e. The van der Waals surface area contributed by atoms with Crippen LogP contribution >= 0.6 is 11.3 Å². The van der Waals surface area contributed by atoms with Crippen molar-refractivity contribution in [2.24, 2.45) is 0 Å². The molecule has 0 fully saturated rings. The maximum atomic E-state index is 12.9. The number of halogens is 6. The van der Waals surface area contributed by atoms with Crippen molar-refractivity contribution in [2.75, 3.05) is 0 Å². The largest absolute Gasteiger partial charge is 0.418 e. The summed E-state index contributed by atoms with van der Waals surface area (Å²) in [4.78, 5) is 3.87. The lowest BCUT2D eigenvalue weighted by Gasteiger charge is -2.11. The van der Waals surface area contributed by atoms with Crippen molar-refractivity contribution < 1.29 is 26.3 Å². The minimum Gasteiger partial charge on any atom is -0.241 e. The van der Waals surface area contributed by atoms with E-state index in [9.17, 15) is 26.3 Å². The number of fused-ring (bicyclic) bond motifs is 1. The Hall–Kier alpha value is -1.31. The van der Waals surface area contributed by atoms with E-state index in [-0.39, 0.29) is 10.8 Å². The summed E-state index contributed by atoms with van der Waals surface area (Å²) >= 11 is 0.887. The van der Waals surface area contributed by atoms with Gasteiger partial charge >= 0.3 is 12.4 Å². The number of hydrogen-bond acceptors (Lipinski definition) is 2. The molecule has 1 nitrogen and oxygen atoms in total. The Labute approximate surface area is 120 Å². The molecular formula is C13H11F6NS. The van der Waals surface area contributed by atoms with Crippen molar-refractivity contribution in [1.29, 1.82) is 0 Å². The van der Waals surface area contributed by atoms with Gasteiger partial charge in [0.25, 0.3) is 0 Å². The molecule has 1 heterocycles. The van der Waals surface area contributed by atoms with Gasteiger partial charge in [0.2, 0.25) is 0 Å². The van der Waals surface area contributed by atoms with Crippen LogP contribution < -0.4 is 0 Å². The highest BCUT2D eigenvalue weighted by Gasteiger charge is 2.39. The van der Waals surface area contributed by atoms with E-state index < -0.39 is 29.0 Å². The zero-order valence-electron chi connectivity index (χ0n) is 10.9. The SMILES string of the molecule is CCCCc1nc2c(C(F)(F)F)cc(C(F)(F)F)cc2s1. The van der Waals surface area contributed by atoms with Crippen LogP contribution in [-0.4, -0.2) is 4.98 Å². The Morgan fingerprint density at radius 3 is 2.24 bits per heavy atom. The summed E-state index contributed by atoms with van der Waals surface area (Å²) in [6.07, 6.45) is -7.66. The van der Waals surface area contributed by atoms with Gasteiger partial charge in [-0.05, 0) is 25.0 Å². The number of aromatic nitrogens is 1. The minimum atomic E-state index is -4.87. The second-order valence-corrected chi connectivity index (χ2v) is 5.69. The van der Waals surface area contributed by atoms with Gasteiger partial charge in [-0.25, -0.2) is 4.98 Å². The van der Waals surface area contributed by atoms with E-state index in [1.165, 1.54) is 0 Å². The Balaban J connectivity index is 2.63. The summed E-state index contributed by atoms with van der Waals surface area (Å²) in [6.45, 7) is 1.91. The first kappa shape index (κ1) is 16.1. The number of alkyl halides is 6. The molecule has 0 aliphatic carbocycles. The van der Waals surface area contributed by atoms with Gasteiger partial charge in [-0.3, -0.25) is 0 Å². The Morgan fingerprint density at radius 2 is 1.71 bits per heavy atom. The Morgan fingerprint density at radius 1 is 1.05 bits per heavy atom. The molecule has 2 aromatic rings. The molecule has 0 aliphatic heterocycles. The van der Waals surface area contributed by atoms with Crippen molar-refractivity contribution in [2.45, 2.75) is 38.5 Å². The monoisotopic (exact) mass is 327 g/mol. The Kier molecular flexibility index (Phi) is 4.19. The lowest BCUT2D eigenvalue weighted by molar-refractivity contribution is -0.142. The third-order valence-corrected chi connectivity index (χ3v) is 3.98. The molecule has 1 aromatic heterocycles. The van der Waals surface area contributed by atoms with Gasteiger partial charge in [0, 0.05) is 0 Å². The van der Waals surface area contributed by atoms with E-state index in [2.05, 4.69) is 4.98 Å². The molecular weight excluding hydrogens is 316 g/mol. The molecule has 0 saturated heterocycles. The predicted octanol–water partition coefficient (Wildman–Crippen LogP) is 5.68. The quantitative estimate of drug-likeness (QED) is 0.661. The van der Waals surface area contributed by atoms with Crippen molar-refractivity contribution in [3.05, 3.63) is 28.3 Å². The van der Waals surface area contributed by atoms with E-state index in [1.807, 2.05) is 6.92 Å². The second kappa shape index (κ2) is 5.47. The molecule has 2 rings (SSSR count). The first-order chi connectivity index (χ1) is 9.63. The fraction of sp³-hybridized carbons (Fsp3) is 0.462. The van der Waals surface area contributed by atoms with Crippen LogP contribution in [0, 0.1) is 0 Å². The van der Waals surface area contributed by atoms with Gasteiger partial charge < -0.3 is 0 Å². The maximum absolute atomic E-state index is 12.9. The molecule has 0 aliphatic rings. The molecule has 8 heteroatoms. The van der Waals surface area contributed by atoms with Crippen LogP contribution in [0.3, 0.4) is 0 Å². The van der Waals surface area contributed by atoms with Gasteiger partial charge in [0.15, 0.2) is 0 Å². The van der Waals surface area contributed by atoms with Crippen LogP contribution in [0.25, 0.3) is 10.2 Å². The number of hydrogen-bond donors (Lipinski definition) is 0. The van der Waals surface area contributed by atoms with Crippen molar-refractivity contribution in [3.63, 3.8) is 0 Å². The number of unbranched alkanes of at least 4 members (excludes halogenated alkanes) is 1. The third kappa shape index (κ3) is 3.48. The highest BCUT2D eigenvalue weighted by atomic mass is 32.1. The van der Waals surface area contributed by atoms with E-state index >= 15 is 0 Å². The molecule has 0 atom stereocenters. The molecule has 0 unspecified atom stereocenters. The van der Waals surface area contributed by atoms with E-state index in [1.54, 1.807) is 0 Å². The summed E-state index contributed by atoms with van der Waals surface area (Å²) in [5.41, 5.74) is -3.02. The van der Waals surface area contributed by atoms with Gasteiger partial charge in [0.1, 0.15) is 0 Å². The molecule has 0 bridgehead atoms. The van der Waals surface area contributed by atoms with Crippen LogP contribution in [0.5, 0.6) is 0 Å².